The molecular weight excluding hydrogens is 342 g/mol. The van der Waals surface area contributed by atoms with Gasteiger partial charge in [-0.2, -0.15) is 0 Å². The number of hydrogen-bond acceptors (Lipinski definition) is 5. The largest absolute Gasteiger partial charge is 0.440 e. The van der Waals surface area contributed by atoms with Crippen LogP contribution in [0.25, 0.3) is 11.1 Å². The lowest BCUT2D eigenvalue weighted by Crippen LogP contribution is -2.23. The molecule has 2 aromatic heterocycles. The fourth-order valence-electron chi connectivity index (χ4n) is 3.74. The van der Waals surface area contributed by atoms with Crippen LogP contribution in [0.1, 0.15) is 80.8 Å². The summed E-state index contributed by atoms with van der Waals surface area (Å²) in [5.41, 5.74) is 4.05. The van der Waals surface area contributed by atoms with E-state index >= 15 is 0 Å². The van der Waals surface area contributed by atoms with E-state index in [9.17, 15) is 4.79 Å². The SMILES string of the molecule is CCCc1ccc2nc(C3CC(c4cc([C@H](C)NC(C)=O)on4)C3)oc2c1. The Hall–Kier alpha value is -2.63. The number of aromatic nitrogens is 2. The Morgan fingerprint density at radius 1 is 1.30 bits per heavy atom. The minimum atomic E-state index is -0.172. The van der Waals surface area contributed by atoms with Gasteiger partial charge in [-0.1, -0.05) is 24.6 Å². The normalized spacial score (nSPS) is 20.4. The van der Waals surface area contributed by atoms with Crippen molar-refractivity contribution in [1.82, 2.24) is 15.5 Å². The summed E-state index contributed by atoms with van der Waals surface area (Å²) >= 11 is 0. The van der Waals surface area contributed by atoms with Crippen molar-refractivity contribution in [2.75, 3.05) is 0 Å². The second kappa shape index (κ2) is 7.18. The number of fused-ring (bicyclic) bond motifs is 1. The lowest BCUT2D eigenvalue weighted by atomic mass is 9.73. The molecule has 1 aliphatic carbocycles. The number of rotatable bonds is 6. The third-order valence-electron chi connectivity index (χ3n) is 5.31. The van der Waals surface area contributed by atoms with Crippen molar-refractivity contribution in [3.8, 4) is 0 Å². The van der Waals surface area contributed by atoms with Crippen LogP contribution in [0, 0.1) is 0 Å². The average Bonchev–Trinajstić information content (AvgIpc) is 3.20. The molecule has 1 aromatic carbocycles. The first-order valence-electron chi connectivity index (χ1n) is 9.66. The summed E-state index contributed by atoms with van der Waals surface area (Å²) in [4.78, 5) is 15.8. The molecule has 1 saturated carbocycles. The lowest BCUT2D eigenvalue weighted by molar-refractivity contribution is -0.119. The third kappa shape index (κ3) is 3.61. The van der Waals surface area contributed by atoms with Gasteiger partial charge >= 0.3 is 0 Å². The molecule has 6 heteroatoms. The zero-order valence-corrected chi connectivity index (χ0v) is 16.0. The van der Waals surface area contributed by atoms with Gasteiger partial charge in [-0.3, -0.25) is 4.79 Å². The molecular formula is C21H25N3O3. The monoisotopic (exact) mass is 367 g/mol. The highest BCUT2D eigenvalue weighted by Gasteiger charge is 2.37. The Kier molecular flexibility index (Phi) is 4.72. The van der Waals surface area contributed by atoms with Gasteiger partial charge in [0.1, 0.15) is 5.52 Å². The minimum absolute atomic E-state index is 0.0813. The molecule has 0 aliphatic heterocycles. The number of carbonyl (C=O) groups excluding carboxylic acids is 1. The third-order valence-corrected chi connectivity index (χ3v) is 5.31. The molecule has 1 amide bonds. The van der Waals surface area contributed by atoms with E-state index < -0.39 is 0 Å². The quantitative estimate of drug-likeness (QED) is 0.687. The molecule has 2 heterocycles. The number of nitrogens with one attached hydrogen (secondary N) is 1. The van der Waals surface area contributed by atoms with E-state index in [4.69, 9.17) is 8.94 Å². The molecule has 1 aliphatic rings. The summed E-state index contributed by atoms with van der Waals surface area (Å²) in [6.07, 6.45) is 4.09. The van der Waals surface area contributed by atoms with Gasteiger partial charge in [0.05, 0.1) is 11.7 Å². The van der Waals surface area contributed by atoms with Gasteiger partial charge in [-0.25, -0.2) is 4.98 Å². The van der Waals surface area contributed by atoms with E-state index in [1.165, 1.54) is 12.5 Å². The first-order chi connectivity index (χ1) is 13.0. The number of benzene rings is 1. The van der Waals surface area contributed by atoms with E-state index in [-0.39, 0.29) is 11.9 Å². The highest BCUT2D eigenvalue weighted by Crippen LogP contribution is 2.47. The van der Waals surface area contributed by atoms with Crippen LogP contribution in [-0.2, 0) is 11.2 Å². The second-order valence-corrected chi connectivity index (χ2v) is 7.55. The number of oxazole rings is 1. The van der Waals surface area contributed by atoms with Crippen LogP contribution < -0.4 is 5.32 Å². The minimum Gasteiger partial charge on any atom is -0.440 e. The van der Waals surface area contributed by atoms with Crippen molar-refractivity contribution in [2.24, 2.45) is 0 Å². The Labute approximate surface area is 158 Å². The highest BCUT2D eigenvalue weighted by molar-refractivity contribution is 5.74. The molecule has 1 atom stereocenters. The van der Waals surface area contributed by atoms with E-state index in [0.717, 1.165) is 48.4 Å². The molecule has 1 fully saturated rings. The molecule has 0 spiro atoms. The Bertz CT molecular complexity index is 953. The zero-order valence-electron chi connectivity index (χ0n) is 16.0. The predicted molar refractivity (Wildman–Crippen MR) is 101 cm³/mol. The summed E-state index contributed by atoms with van der Waals surface area (Å²) in [5.74, 6) is 2.11. The van der Waals surface area contributed by atoms with Crippen LogP contribution in [0.4, 0.5) is 0 Å². The summed E-state index contributed by atoms with van der Waals surface area (Å²) in [5, 5.41) is 7.00. The smallest absolute Gasteiger partial charge is 0.217 e. The molecule has 1 N–H and O–H groups in total. The maximum Gasteiger partial charge on any atom is 0.217 e. The molecule has 0 radical (unpaired) electrons. The van der Waals surface area contributed by atoms with Crippen molar-refractivity contribution in [2.45, 2.75) is 64.3 Å². The first kappa shape index (κ1) is 17.8. The Morgan fingerprint density at radius 2 is 2.11 bits per heavy atom. The summed E-state index contributed by atoms with van der Waals surface area (Å²) in [6.45, 7) is 5.56. The molecule has 0 saturated heterocycles. The van der Waals surface area contributed by atoms with Gasteiger partial charge in [0, 0.05) is 24.8 Å². The van der Waals surface area contributed by atoms with Crippen LogP contribution in [0.3, 0.4) is 0 Å². The standard InChI is InChI=1S/C21H25N3O3/c1-4-5-14-6-7-17-20(8-14)26-21(23-17)16-9-15(10-16)18-11-19(27-24-18)12(2)22-13(3)25/h6-8,11-12,15-16H,4-5,9-10H2,1-3H3,(H,22,25)/t12-,15?,16?/m0/s1. The molecule has 6 nitrogen and oxygen atoms in total. The Balaban J connectivity index is 1.41. The number of carbonyl (C=O) groups is 1. The molecule has 4 rings (SSSR count). The summed E-state index contributed by atoms with van der Waals surface area (Å²) < 4.78 is 11.4. The first-order valence-corrected chi connectivity index (χ1v) is 9.66. The van der Waals surface area contributed by atoms with E-state index in [0.29, 0.717) is 17.6 Å². The van der Waals surface area contributed by atoms with Crippen LogP contribution in [0.2, 0.25) is 0 Å². The van der Waals surface area contributed by atoms with Crippen molar-refractivity contribution >= 4 is 17.0 Å². The summed E-state index contributed by atoms with van der Waals surface area (Å²) in [7, 11) is 0. The van der Waals surface area contributed by atoms with Crippen LogP contribution in [-0.4, -0.2) is 16.0 Å². The molecule has 142 valence electrons. The van der Waals surface area contributed by atoms with Crippen molar-refractivity contribution in [1.29, 1.82) is 0 Å². The van der Waals surface area contributed by atoms with Gasteiger partial charge in [0.25, 0.3) is 0 Å². The van der Waals surface area contributed by atoms with E-state index in [1.807, 2.05) is 13.0 Å². The maximum atomic E-state index is 11.2. The van der Waals surface area contributed by atoms with Crippen LogP contribution in [0.15, 0.2) is 33.2 Å². The molecule has 3 aromatic rings. The van der Waals surface area contributed by atoms with E-state index in [1.54, 1.807) is 0 Å². The molecule has 0 bridgehead atoms. The number of nitrogens with zero attached hydrogens (tertiary/aromatic N) is 2. The van der Waals surface area contributed by atoms with E-state index in [2.05, 4.69) is 40.6 Å². The topological polar surface area (TPSA) is 81.2 Å². The van der Waals surface area contributed by atoms with Crippen molar-refractivity contribution < 1.29 is 13.7 Å². The maximum absolute atomic E-state index is 11.2. The lowest BCUT2D eigenvalue weighted by Gasteiger charge is -2.31. The highest BCUT2D eigenvalue weighted by atomic mass is 16.5. The molecule has 0 unspecified atom stereocenters. The van der Waals surface area contributed by atoms with Crippen molar-refractivity contribution in [3.63, 3.8) is 0 Å². The Morgan fingerprint density at radius 3 is 2.85 bits per heavy atom. The fraction of sp³-hybridized carbons (Fsp3) is 0.476. The summed E-state index contributed by atoms with van der Waals surface area (Å²) in [6, 6.07) is 8.07. The average molecular weight is 367 g/mol. The second-order valence-electron chi connectivity index (χ2n) is 7.55. The van der Waals surface area contributed by atoms with Gasteiger partial charge in [-0.05, 0) is 43.9 Å². The fourth-order valence-corrected chi connectivity index (χ4v) is 3.74. The molecule has 27 heavy (non-hydrogen) atoms. The van der Waals surface area contributed by atoms with Gasteiger partial charge in [-0.15, -0.1) is 0 Å². The zero-order chi connectivity index (χ0) is 19.0. The predicted octanol–water partition coefficient (Wildman–Crippen LogP) is 4.63. The van der Waals surface area contributed by atoms with Crippen LogP contribution >= 0.6 is 0 Å². The van der Waals surface area contributed by atoms with Gasteiger partial charge in [0.15, 0.2) is 17.2 Å². The van der Waals surface area contributed by atoms with Gasteiger partial charge < -0.3 is 14.3 Å². The van der Waals surface area contributed by atoms with Crippen LogP contribution in [0.5, 0.6) is 0 Å². The number of hydrogen-bond donors (Lipinski definition) is 1. The van der Waals surface area contributed by atoms with Gasteiger partial charge in [0.2, 0.25) is 5.91 Å². The number of aryl methyl sites for hydroxylation is 1. The number of amides is 1. The van der Waals surface area contributed by atoms with Crippen molar-refractivity contribution in [3.05, 3.63) is 47.2 Å².